The lowest BCUT2D eigenvalue weighted by molar-refractivity contribution is -0.142. The van der Waals surface area contributed by atoms with E-state index in [1.807, 2.05) is 19.2 Å². The molecule has 7 nitrogen and oxygen atoms in total. The molecule has 3 aromatic carbocycles. The van der Waals surface area contributed by atoms with Gasteiger partial charge >= 0.3 is 5.97 Å². The predicted molar refractivity (Wildman–Crippen MR) is 159 cm³/mol. The molecule has 0 saturated carbocycles. The van der Waals surface area contributed by atoms with E-state index in [9.17, 15) is 4.79 Å². The predicted octanol–water partition coefficient (Wildman–Crippen LogP) is 5.50. The quantitative estimate of drug-likeness (QED) is 0.157. The number of carbonyl (C=O) groups is 1. The number of benzene rings is 3. The summed E-state index contributed by atoms with van der Waals surface area (Å²) in [6.45, 7) is 6.20. The number of hydrogen-bond donors (Lipinski definition) is 1. The van der Waals surface area contributed by atoms with Crippen LogP contribution < -0.4 is 4.74 Å². The first kappa shape index (κ1) is 31.0. The number of nitrogens with zero attached hydrogens (tertiary/aromatic N) is 1. The highest BCUT2D eigenvalue weighted by Gasteiger charge is 2.13. The first-order valence-electron chi connectivity index (χ1n) is 13.8. The minimum Gasteiger partial charge on any atom is -0.492 e. The molecule has 3 rings (SSSR count). The second-order valence-corrected chi connectivity index (χ2v) is 9.29. The van der Waals surface area contributed by atoms with Gasteiger partial charge in [0.25, 0.3) is 0 Å². The molecule has 0 unspecified atom stereocenters. The van der Waals surface area contributed by atoms with Crippen LogP contribution in [0.2, 0.25) is 0 Å². The fourth-order valence-corrected chi connectivity index (χ4v) is 4.25. The lowest BCUT2D eigenvalue weighted by atomic mass is 9.88. The van der Waals surface area contributed by atoms with Crippen molar-refractivity contribution in [3.8, 4) is 5.75 Å². The normalized spacial score (nSPS) is 11.9. The van der Waals surface area contributed by atoms with Gasteiger partial charge in [-0.05, 0) is 53.4 Å². The number of aliphatic carboxylic acids is 1. The van der Waals surface area contributed by atoms with Crippen molar-refractivity contribution in [3.05, 3.63) is 102 Å². The Labute approximate surface area is 237 Å². The molecule has 0 aromatic heterocycles. The van der Waals surface area contributed by atoms with Crippen LogP contribution in [0, 0.1) is 0 Å². The monoisotopic (exact) mass is 547 g/mol. The fraction of sp³-hybridized carbons (Fsp3) is 0.364. The first-order chi connectivity index (χ1) is 19.6. The van der Waals surface area contributed by atoms with E-state index in [4.69, 9.17) is 24.1 Å². The Hall–Kier alpha value is -3.49. The smallest absolute Gasteiger partial charge is 0.329 e. The Morgan fingerprint density at radius 3 is 1.80 bits per heavy atom. The Morgan fingerprint density at radius 1 is 0.675 bits per heavy atom. The van der Waals surface area contributed by atoms with E-state index in [1.54, 1.807) is 0 Å². The van der Waals surface area contributed by atoms with Crippen molar-refractivity contribution in [2.24, 2.45) is 0 Å². The maximum absolute atomic E-state index is 10.4. The summed E-state index contributed by atoms with van der Waals surface area (Å²) in [7, 11) is 2.04. The van der Waals surface area contributed by atoms with Gasteiger partial charge in [-0.15, -0.1) is 0 Å². The SMILES string of the molecule is CCC(=C(c1ccccc1)c1ccc(OCCN(C)CCOCCOCCOCC(=O)O)cc1)c1ccccc1. The molecule has 0 saturated heterocycles. The number of rotatable bonds is 19. The van der Waals surface area contributed by atoms with Crippen molar-refractivity contribution in [1.29, 1.82) is 0 Å². The van der Waals surface area contributed by atoms with Crippen LogP contribution in [0.5, 0.6) is 5.75 Å². The Morgan fingerprint density at radius 2 is 1.20 bits per heavy atom. The van der Waals surface area contributed by atoms with Crippen molar-refractivity contribution in [2.75, 3.05) is 66.4 Å². The van der Waals surface area contributed by atoms with Gasteiger partial charge < -0.3 is 29.0 Å². The van der Waals surface area contributed by atoms with Crippen LogP contribution in [0.15, 0.2) is 84.9 Å². The van der Waals surface area contributed by atoms with Crippen molar-refractivity contribution < 1.29 is 28.8 Å². The average molecular weight is 548 g/mol. The zero-order valence-electron chi connectivity index (χ0n) is 23.6. The molecule has 7 heteroatoms. The van der Waals surface area contributed by atoms with Gasteiger partial charge in [0.15, 0.2) is 0 Å². The molecule has 0 bridgehead atoms. The third-order valence-electron chi connectivity index (χ3n) is 6.31. The number of carboxylic acids is 1. The van der Waals surface area contributed by atoms with Gasteiger partial charge in [0.1, 0.15) is 19.0 Å². The number of hydrogen-bond acceptors (Lipinski definition) is 6. The third kappa shape index (κ3) is 10.9. The maximum atomic E-state index is 10.4. The van der Waals surface area contributed by atoms with Crippen LogP contribution in [0.3, 0.4) is 0 Å². The molecule has 0 amide bonds. The summed E-state index contributed by atoms with van der Waals surface area (Å²) in [6.07, 6.45) is 0.930. The number of ether oxygens (including phenoxy) is 4. The van der Waals surface area contributed by atoms with Gasteiger partial charge in [-0.25, -0.2) is 4.79 Å². The van der Waals surface area contributed by atoms with Crippen molar-refractivity contribution >= 4 is 17.1 Å². The molecular formula is C33H41NO6. The zero-order valence-corrected chi connectivity index (χ0v) is 23.6. The lowest BCUT2D eigenvalue weighted by Gasteiger charge is -2.18. The van der Waals surface area contributed by atoms with Gasteiger partial charge in [-0.3, -0.25) is 0 Å². The summed E-state index contributed by atoms with van der Waals surface area (Å²) < 4.78 is 21.9. The summed E-state index contributed by atoms with van der Waals surface area (Å²) in [5.74, 6) is -0.131. The summed E-state index contributed by atoms with van der Waals surface area (Å²) >= 11 is 0. The minimum absolute atomic E-state index is 0.260. The molecule has 214 valence electrons. The summed E-state index contributed by atoms with van der Waals surface area (Å²) in [5, 5.41) is 8.49. The highest BCUT2D eigenvalue weighted by Crippen LogP contribution is 2.34. The molecular weight excluding hydrogens is 506 g/mol. The molecule has 0 atom stereocenters. The summed E-state index contributed by atoms with van der Waals surface area (Å²) in [5.41, 5.74) is 6.19. The molecule has 0 aliphatic heterocycles. The summed E-state index contributed by atoms with van der Waals surface area (Å²) in [6, 6.07) is 29.5. The summed E-state index contributed by atoms with van der Waals surface area (Å²) in [4.78, 5) is 12.5. The van der Waals surface area contributed by atoms with Crippen molar-refractivity contribution in [3.63, 3.8) is 0 Å². The van der Waals surface area contributed by atoms with Gasteiger partial charge in [0.2, 0.25) is 0 Å². The minimum atomic E-state index is -0.981. The van der Waals surface area contributed by atoms with Crippen LogP contribution in [-0.4, -0.2) is 82.4 Å². The fourth-order valence-electron chi connectivity index (χ4n) is 4.25. The van der Waals surface area contributed by atoms with Gasteiger partial charge in [0.05, 0.1) is 33.0 Å². The molecule has 40 heavy (non-hydrogen) atoms. The zero-order chi connectivity index (χ0) is 28.4. The average Bonchev–Trinajstić information content (AvgIpc) is 2.98. The molecule has 0 aliphatic rings. The topological polar surface area (TPSA) is 77.5 Å². The standard InChI is InChI=1S/C33H41NO6/c1-3-31(27-10-6-4-7-11-27)33(28-12-8-5-9-13-28)29-14-16-30(17-15-29)40-21-19-34(2)18-20-37-22-23-38-24-25-39-26-32(35)36/h4-17H,3,18-26H2,1-2H3,(H,35,36). The van der Waals surface area contributed by atoms with Gasteiger partial charge in [-0.2, -0.15) is 0 Å². The second kappa shape index (κ2) is 18.0. The third-order valence-corrected chi connectivity index (χ3v) is 6.31. The number of likely N-dealkylation sites (N-methyl/N-ethyl adjacent to an activating group) is 1. The lowest BCUT2D eigenvalue weighted by Crippen LogP contribution is -2.28. The highest BCUT2D eigenvalue weighted by molar-refractivity contribution is 5.98. The Balaban J connectivity index is 1.44. The van der Waals surface area contributed by atoms with E-state index in [1.165, 1.54) is 27.8 Å². The molecule has 1 N–H and O–H groups in total. The van der Waals surface area contributed by atoms with E-state index in [0.717, 1.165) is 25.3 Å². The first-order valence-corrected chi connectivity index (χ1v) is 13.8. The largest absolute Gasteiger partial charge is 0.492 e. The van der Waals surface area contributed by atoms with E-state index >= 15 is 0 Å². The molecule has 0 fully saturated rings. The van der Waals surface area contributed by atoms with E-state index in [0.29, 0.717) is 33.0 Å². The van der Waals surface area contributed by atoms with Crippen molar-refractivity contribution in [1.82, 2.24) is 4.90 Å². The number of allylic oxidation sites excluding steroid dienone is 1. The van der Waals surface area contributed by atoms with Crippen LogP contribution in [0.25, 0.3) is 11.1 Å². The Bertz CT molecular complexity index is 1150. The van der Waals surface area contributed by atoms with Crippen LogP contribution in [-0.2, 0) is 19.0 Å². The molecule has 0 aliphatic carbocycles. The van der Waals surface area contributed by atoms with E-state index in [-0.39, 0.29) is 13.2 Å². The second-order valence-electron chi connectivity index (χ2n) is 9.29. The molecule has 3 aromatic rings. The molecule has 0 spiro atoms. The van der Waals surface area contributed by atoms with Gasteiger partial charge in [-0.1, -0.05) is 79.7 Å². The number of carboxylic acid groups (broad SMARTS) is 1. The molecule has 0 heterocycles. The van der Waals surface area contributed by atoms with Gasteiger partial charge in [0, 0.05) is 13.1 Å². The Kier molecular flexibility index (Phi) is 13.9. The van der Waals surface area contributed by atoms with Crippen LogP contribution in [0.1, 0.15) is 30.0 Å². The van der Waals surface area contributed by atoms with Crippen LogP contribution in [0.4, 0.5) is 0 Å². The van der Waals surface area contributed by atoms with Crippen LogP contribution >= 0.6 is 0 Å². The highest BCUT2D eigenvalue weighted by atomic mass is 16.5. The maximum Gasteiger partial charge on any atom is 0.329 e. The van der Waals surface area contributed by atoms with E-state index < -0.39 is 5.97 Å². The molecule has 0 radical (unpaired) electrons. The van der Waals surface area contributed by atoms with Crippen molar-refractivity contribution in [2.45, 2.75) is 13.3 Å². The van der Waals surface area contributed by atoms with E-state index in [2.05, 4.69) is 84.6 Å².